The lowest BCUT2D eigenvalue weighted by Crippen LogP contribution is -2.46. The predicted molar refractivity (Wildman–Crippen MR) is 118 cm³/mol. The summed E-state index contributed by atoms with van der Waals surface area (Å²) < 4.78 is 11.5. The van der Waals surface area contributed by atoms with Crippen LogP contribution < -0.4 is 14.5 Å². The maximum Gasteiger partial charge on any atom is 0.236 e. The highest BCUT2D eigenvalue weighted by Gasteiger charge is 2.24. The van der Waals surface area contributed by atoms with Crippen LogP contribution in [0.4, 0.5) is 11.6 Å². The van der Waals surface area contributed by atoms with Crippen molar-refractivity contribution >= 4 is 46.4 Å². The zero-order chi connectivity index (χ0) is 21.1. The fourth-order valence-corrected chi connectivity index (χ4v) is 3.92. The summed E-state index contributed by atoms with van der Waals surface area (Å²) in [5, 5.41) is 11.1. The van der Waals surface area contributed by atoms with Gasteiger partial charge in [-0.1, -0.05) is 40.9 Å². The van der Waals surface area contributed by atoms with Crippen molar-refractivity contribution in [3.63, 3.8) is 0 Å². The molecule has 154 valence electrons. The molecule has 30 heavy (non-hydrogen) atoms. The number of hydrogen-bond donors (Lipinski definition) is 0. The normalized spacial score (nSPS) is 13.9. The van der Waals surface area contributed by atoms with Gasteiger partial charge in [0.25, 0.3) is 0 Å². The smallest absolute Gasteiger partial charge is 0.236 e. The minimum Gasteiger partial charge on any atom is -0.482 e. The van der Waals surface area contributed by atoms with Crippen LogP contribution in [0.5, 0.6) is 5.75 Å². The van der Waals surface area contributed by atoms with Crippen molar-refractivity contribution in [3.8, 4) is 11.8 Å². The molecule has 0 bridgehead atoms. The van der Waals surface area contributed by atoms with Gasteiger partial charge in [0.05, 0.1) is 5.02 Å². The highest BCUT2D eigenvalue weighted by Crippen LogP contribution is 2.30. The van der Waals surface area contributed by atoms with Gasteiger partial charge in [-0.25, -0.2) is 0 Å². The molecule has 1 saturated heterocycles. The Balaban J connectivity index is 1.42. The van der Waals surface area contributed by atoms with E-state index in [2.05, 4.69) is 16.0 Å². The number of nitrogens with zero attached hydrogens (tertiary/aromatic N) is 4. The van der Waals surface area contributed by atoms with Gasteiger partial charge in [0.15, 0.2) is 6.61 Å². The zero-order valence-corrected chi connectivity index (χ0v) is 18.1. The average Bonchev–Trinajstić information content (AvgIpc) is 3.16. The highest BCUT2D eigenvalue weighted by atomic mass is 35.5. The van der Waals surface area contributed by atoms with Gasteiger partial charge in [-0.05, 0) is 36.4 Å². The summed E-state index contributed by atoms with van der Waals surface area (Å²) in [4.78, 5) is 8.53. The number of anilines is 2. The lowest BCUT2D eigenvalue weighted by molar-refractivity contribution is 0.263. The lowest BCUT2D eigenvalue weighted by atomic mass is 10.2. The molecule has 2 heterocycles. The number of piperazine rings is 1. The molecule has 1 aliphatic rings. The molecule has 2 aromatic carbocycles. The van der Waals surface area contributed by atoms with Gasteiger partial charge in [-0.3, -0.25) is 0 Å². The van der Waals surface area contributed by atoms with Gasteiger partial charge >= 0.3 is 0 Å². The largest absolute Gasteiger partial charge is 0.482 e. The van der Waals surface area contributed by atoms with Crippen LogP contribution in [-0.2, 0) is 6.61 Å². The van der Waals surface area contributed by atoms with E-state index in [9.17, 15) is 5.26 Å². The van der Waals surface area contributed by atoms with E-state index in [0.717, 1.165) is 18.8 Å². The Bertz CT molecular complexity index is 1090. The number of halogens is 3. The van der Waals surface area contributed by atoms with Gasteiger partial charge in [0, 0.05) is 41.9 Å². The number of hydrogen-bond acceptors (Lipinski definition) is 6. The first-order chi connectivity index (χ1) is 14.5. The van der Waals surface area contributed by atoms with Gasteiger partial charge in [0.1, 0.15) is 11.8 Å². The second kappa shape index (κ2) is 9.05. The van der Waals surface area contributed by atoms with Crippen LogP contribution in [0.15, 0.2) is 46.9 Å². The molecule has 4 rings (SSSR count). The average molecular weight is 464 g/mol. The number of benzene rings is 2. The molecule has 9 heteroatoms. The third-order valence-corrected chi connectivity index (χ3v) is 5.51. The van der Waals surface area contributed by atoms with Gasteiger partial charge in [0.2, 0.25) is 17.5 Å². The second-order valence-electron chi connectivity index (χ2n) is 6.69. The Labute approximate surface area is 189 Å². The monoisotopic (exact) mass is 462 g/mol. The minimum absolute atomic E-state index is 0.0541. The molecule has 0 amide bonds. The van der Waals surface area contributed by atoms with Crippen molar-refractivity contribution in [2.75, 3.05) is 36.0 Å². The molecule has 0 spiro atoms. The third kappa shape index (κ3) is 4.59. The molecule has 0 aliphatic carbocycles. The molecule has 0 atom stereocenters. The number of rotatable bonds is 5. The first kappa shape index (κ1) is 20.7. The topological polar surface area (TPSA) is 65.5 Å². The molecule has 0 N–H and O–H groups in total. The summed E-state index contributed by atoms with van der Waals surface area (Å²) in [6, 6.07) is 14.8. The summed E-state index contributed by atoms with van der Waals surface area (Å²) in [5.41, 5.74) is 1.32. The molecule has 0 saturated carbocycles. The molecule has 1 aliphatic heterocycles. The van der Waals surface area contributed by atoms with E-state index in [1.165, 1.54) is 0 Å². The van der Waals surface area contributed by atoms with Gasteiger partial charge < -0.3 is 19.0 Å². The number of oxazole rings is 1. The molecule has 0 unspecified atom stereocenters. The van der Waals surface area contributed by atoms with Gasteiger partial charge in [-0.15, -0.1) is 0 Å². The molecule has 0 radical (unpaired) electrons. The van der Waals surface area contributed by atoms with Crippen molar-refractivity contribution < 1.29 is 9.15 Å². The summed E-state index contributed by atoms with van der Waals surface area (Å²) in [7, 11) is 0. The maximum atomic E-state index is 9.48. The summed E-state index contributed by atoms with van der Waals surface area (Å²) in [6.45, 7) is 2.99. The molecule has 1 aromatic heterocycles. The van der Waals surface area contributed by atoms with E-state index in [0.29, 0.717) is 45.7 Å². The van der Waals surface area contributed by atoms with Crippen LogP contribution in [0.25, 0.3) is 0 Å². The van der Waals surface area contributed by atoms with E-state index in [1.54, 1.807) is 18.2 Å². The van der Waals surface area contributed by atoms with Crippen LogP contribution in [0.3, 0.4) is 0 Å². The van der Waals surface area contributed by atoms with Crippen molar-refractivity contribution in [1.82, 2.24) is 4.98 Å². The van der Waals surface area contributed by atoms with E-state index in [-0.39, 0.29) is 12.3 Å². The Kier molecular flexibility index (Phi) is 6.24. The summed E-state index contributed by atoms with van der Waals surface area (Å²) in [6.07, 6.45) is 0. The van der Waals surface area contributed by atoms with Crippen LogP contribution in [-0.4, -0.2) is 31.2 Å². The Hall–Kier alpha value is -2.59. The number of nitriles is 1. The quantitative estimate of drug-likeness (QED) is 0.504. The van der Waals surface area contributed by atoms with Crippen molar-refractivity contribution in [1.29, 1.82) is 5.26 Å². The summed E-state index contributed by atoms with van der Waals surface area (Å²) in [5.74, 6) is 1.24. The molecule has 1 fully saturated rings. The van der Waals surface area contributed by atoms with Crippen molar-refractivity contribution in [2.24, 2.45) is 0 Å². The van der Waals surface area contributed by atoms with Crippen molar-refractivity contribution in [2.45, 2.75) is 6.61 Å². The van der Waals surface area contributed by atoms with E-state index in [1.807, 2.05) is 29.2 Å². The highest BCUT2D eigenvalue weighted by molar-refractivity contribution is 6.35. The fourth-order valence-electron chi connectivity index (χ4n) is 3.28. The predicted octanol–water partition coefficient (Wildman–Crippen LogP) is 5.41. The van der Waals surface area contributed by atoms with E-state index < -0.39 is 0 Å². The first-order valence-electron chi connectivity index (χ1n) is 9.26. The zero-order valence-electron chi connectivity index (χ0n) is 15.8. The SMILES string of the molecule is N#Cc1nc(COc2ccc(Cl)cc2Cl)oc1N1CCN(c2cccc(Cl)c2)CC1. The Morgan fingerprint density at radius 1 is 1.00 bits per heavy atom. The number of ether oxygens (including phenoxy) is 1. The first-order valence-corrected chi connectivity index (χ1v) is 10.4. The van der Waals surface area contributed by atoms with Crippen LogP contribution in [0.1, 0.15) is 11.6 Å². The van der Waals surface area contributed by atoms with E-state index in [4.69, 9.17) is 44.0 Å². The molecular formula is C21H17Cl3N4O2. The lowest BCUT2D eigenvalue weighted by Gasteiger charge is -2.35. The summed E-state index contributed by atoms with van der Waals surface area (Å²) >= 11 is 18.1. The van der Waals surface area contributed by atoms with E-state index >= 15 is 0 Å². The number of aromatic nitrogens is 1. The molecule has 6 nitrogen and oxygen atoms in total. The molecule has 3 aromatic rings. The minimum atomic E-state index is 0.0541. The Morgan fingerprint density at radius 3 is 2.43 bits per heavy atom. The fraction of sp³-hybridized carbons (Fsp3) is 0.238. The van der Waals surface area contributed by atoms with Crippen molar-refractivity contribution in [3.05, 3.63) is 69.1 Å². The van der Waals surface area contributed by atoms with Crippen LogP contribution in [0.2, 0.25) is 15.1 Å². The van der Waals surface area contributed by atoms with Gasteiger partial charge in [-0.2, -0.15) is 10.2 Å². The van der Waals surface area contributed by atoms with Crippen LogP contribution in [0, 0.1) is 11.3 Å². The standard InChI is InChI=1S/C21H17Cl3N4O2/c22-14-2-1-3-16(10-14)27-6-8-28(9-7-27)21-18(12-25)26-20(30-21)13-29-19-5-4-15(23)11-17(19)24/h1-5,10-11H,6-9,13H2. The van der Waals surface area contributed by atoms with Crippen LogP contribution >= 0.6 is 34.8 Å². The Morgan fingerprint density at radius 2 is 1.73 bits per heavy atom. The second-order valence-corrected chi connectivity index (χ2v) is 7.97. The molecular weight excluding hydrogens is 447 g/mol. The third-order valence-electron chi connectivity index (χ3n) is 4.74. The maximum absolute atomic E-state index is 9.48.